The monoisotopic (exact) mass is 292 g/mol. The third-order valence-electron chi connectivity index (χ3n) is 4.43. The SMILES string of the molecule is COc1ccc(NC(=O)NC2CCCC2(C)CO)c(C)c1. The van der Waals surface area contributed by atoms with E-state index < -0.39 is 0 Å². The molecule has 116 valence electrons. The van der Waals surface area contributed by atoms with Gasteiger partial charge in [0, 0.05) is 17.1 Å². The summed E-state index contributed by atoms with van der Waals surface area (Å²) in [4.78, 5) is 12.1. The van der Waals surface area contributed by atoms with Gasteiger partial charge in [0.05, 0.1) is 13.7 Å². The molecule has 0 bridgehead atoms. The highest BCUT2D eigenvalue weighted by atomic mass is 16.5. The molecule has 1 aromatic rings. The van der Waals surface area contributed by atoms with Gasteiger partial charge in [0.1, 0.15) is 5.75 Å². The van der Waals surface area contributed by atoms with E-state index in [1.807, 2.05) is 32.0 Å². The van der Waals surface area contributed by atoms with Crippen molar-refractivity contribution in [3.8, 4) is 5.75 Å². The lowest BCUT2D eigenvalue weighted by molar-refractivity contribution is 0.122. The number of ether oxygens (including phenoxy) is 1. The maximum absolute atomic E-state index is 12.1. The lowest BCUT2D eigenvalue weighted by Gasteiger charge is -2.30. The summed E-state index contributed by atoms with van der Waals surface area (Å²) in [6, 6.07) is 5.31. The number of hydrogen-bond acceptors (Lipinski definition) is 3. The first-order valence-electron chi connectivity index (χ1n) is 7.31. The molecule has 1 aromatic carbocycles. The highest BCUT2D eigenvalue weighted by Gasteiger charge is 2.39. The number of urea groups is 1. The summed E-state index contributed by atoms with van der Waals surface area (Å²) in [6.45, 7) is 4.04. The van der Waals surface area contributed by atoms with Crippen molar-refractivity contribution in [2.24, 2.45) is 5.41 Å². The predicted octanol–water partition coefficient (Wildman–Crippen LogP) is 2.68. The number of amides is 2. The number of carbonyl (C=O) groups is 1. The van der Waals surface area contributed by atoms with E-state index in [0.29, 0.717) is 0 Å². The summed E-state index contributed by atoms with van der Waals surface area (Å²) in [5.74, 6) is 0.766. The summed E-state index contributed by atoms with van der Waals surface area (Å²) in [7, 11) is 1.62. The molecule has 1 saturated carbocycles. The van der Waals surface area contributed by atoms with E-state index in [1.54, 1.807) is 7.11 Å². The van der Waals surface area contributed by atoms with Gasteiger partial charge in [-0.3, -0.25) is 0 Å². The van der Waals surface area contributed by atoms with Crippen LogP contribution in [0.25, 0.3) is 0 Å². The van der Waals surface area contributed by atoms with Gasteiger partial charge in [-0.25, -0.2) is 4.79 Å². The van der Waals surface area contributed by atoms with Crippen LogP contribution in [0.1, 0.15) is 31.7 Å². The van der Waals surface area contributed by atoms with Crippen LogP contribution in [0.2, 0.25) is 0 Å². The highest BCUT2D eigenvalue weighted by Crippen LogP contribution is 2.37. The fourth-order valence-electron chi connectivity index (χ4n) is 2.89. The zero-order valence-electron chi connectivity index (χ0n) is 12.9. The van der Waals surface area contributed by atoms with Gasteiger partial charge < -0.3 is 20.5 Å². The maximum atomic E-state index is 12.1. The first-order valence-corrected chi connectivity index (χ1v) is 7.31. The number of carbonyl (C=O) groups excluding carboxylic acids is 1. The molecule has 2 amide bonds. The molecule has 5 nitrogen and oxygen atoms in total. The molecule has 0 radical (unpaired) electrons. The van der Waals surface area contributed by atoms with Gasteiger partial charge in [0.2, 0.25) is 0 Å². The van der Waals surface area contributed by atoms with E-state index in [2.05, 4.69) is 10.6 Å². The minimum Gasteiger partial charge on any atom is -0.497 e. The molecule has 0 saturated heterocycles. The summed E-state index contributed by atoms with van der Waals surface area (Å²) >= 11 is 0. The Morgan fingerprint density at radius 3 is 2.90 bits per heavy atom. The minimum atomic E-state index is -0.227. The Morgan fingerprint density at radius 2 is 2.29 bits per heavy atom. The Kier molecular flexibility index (Phi) is 4.73. The number of aliphatic hydroxyl groups excluding tert-OH is 1. The van der Waals surface area contributed by atoms with Crippen LogP contribution in [0.15, 0.2) is 18.2 Å². The van der Waals surface area contributed by atoms with Crippen LogP contribution >= 0.6 is 0 Å². The molecule has 21 heavy (non-hydrogen) atoms. The average Bonchev–Trinajstić information content (AvgIpc) is 2.83. The van der Waals surface area contributed by atoms with Crippen molar-refractivity contribution >= 4 is 11.7 Å². The van der Waals surface area contributed by atoms with E-state index in [9.17, 15) is 9.90 Å². The zero-order chi connectivity index (χ0) is 15.5. The Hall–Kier alpha value is -1.75. The molecule has 1 fully saturated rings. The first kappa shape index (κ1) is 15.6. The second-order valence-corrected chi connectivity index (χ2v) is 6.04. The quantitative estimate of drug-likeness (QED) is 0.799. The Labute approximate surface area is 125 Å². The van der Waals surface area contributed by atoms with Crippen molar-refractivity contribution in [1.29, 1.82) is 0 Å². The Balaban J connectivity index is 1.99. The van der Waals surface area contributed by atoms with Crippen LogP contribution < -0.4 is 15.4 Å². The molecule has 2 atom stereocenters. The fourth-order valence-corrected chi connectivity index (χ4v) is 2.89. The van der Waals surface area contributed by atoms with Crippen molar-refractivity contribution in [2.45, 2.75) is 39.2 Å². The van der Waals surface area contributed by atoms with Crippen LogP contribution in [0, 0.1) is 12.3 Å². The Bertz CT molecular complexity index is 518. The normalized spacial score (nSPS) is 24.7. The lowest BCUT2D eigenvalue weighted by atomic mass is 9.86. The van der Waals surface area contributed by atoms with Gasteiger partial charge in [0.25, 0.3) is 0 Å². The van der Waals surface area contributed by atoms with Crippen LogP contribution in [-0.4, -0.2) is 30.9 Å². The fraction of sp³-hybridized carbons (Fsp3) is 0.562. The smallest absolute Gasteiger partial charge is 0.319 e. The summed E-state index contributed by atoms with van der Waals surface area (Å²) in [5, 5.41) is 15.4. The van der Waals surface area contributed by atoms with Gasteiger partial charge in [-0.2, -0.15) is 0 Å². The van der Waals surface area contributed by atoms with Crippen molar-refractivity contribution in [3.05, 3.63) is 23.8 Å². The first-order chi connectivity index (χ1) is 9.98. The van der Waals surface area contributed by atoms with Gasteiger partial charge in [0.15, 0.2) is 0 Å². The number of aryl methyl sites for hydroxylation is 1. The molecule has 2 rings (SSSR count). The van der Waals surface area contributed by atoms with Crippen molar-refractivity contribution in [2.75, 3.05) is 19.0 Å². The van der Waals surface area contributed by atoms with Crippen LogP contribution in [0.4, 0.5) is 10.5 Å². The summed E-state index contributed by atoms with van der Waals surface area (Å²) < 4.78 is 5.15. The lowest BCUT2D eigenvalue weighted by Crippen LogP contribution is -2.46. The molecule has 2 unspecified atom stereocenters. The molecular formula is C16H24N2O3. The molecule has 1 aliphatic rings. The third-order valence-corrected chi connectivity index (χ3v) is 4.43. The van der Waals surface area contributed by atoms with E-state index >= 15 is 0 Å². The number of hydrogen-bond donors (Lipinski definition) is 3. The van der Waals surface area contributed by atoms with E-state index in [1.165, 1.54) is 0 Å². The standard InChI is InChI=1S/C16H24N2O3/c1-11-9-12(21-3)6-7-13(11)17-15(20)18-14-5-4-8-16(14,2)10-19/h6-7,9,14,19H,4-5,8,10H2,1-3H3,(H2,17,18,20). The Morgan fingerprint density at radius 1 is 1.52 bits per heavy atom. The van der Waals surface area contributed by atoms with Crippen molar-refractivity contribution in [3.63, 3.8) is 0 Å². The van der Waals surface area contributed by atoms with Crippen LogP contribution in [-0.2, 0) is 0 Å². The second kappa shape index (κ2) is 6.35. The molecule has 1 aliphatic carbocycles. The number of benzene rings is 1. The molecule has 0 spiro atoms. The van der Waals surface area contributed by atoms with Crippen LogP contribution in [0.5, 0.6) is 5.75 Å². The van der Waals surface area contributed by atoms with Gasteiger partial charge in [-0.15, -0.1) is 0 Å². The molecule has 5 heteroatoms. The summed E-state index contributed by atoms with van der Waals surface area (Å²) in [5.41, 5.74) is 1.49. The number of aliphatic hydroxyl groups is 1. The van der Waals surface area contributed by atoms with Gasteiger partial charge in [-0.05, 0) is 43.5 Å². The molecule has 0 aromatic heterocycles. The van der Waals surface area contributed by atoms with E-state index in [-0.39, 0.29) is 24.1 Å². The number of anilines is 1. The van der Waals surface area contributed by atoms with Crippen molar-refractivity contribution in [1.82, 2.24) is 5.32 Å². The average molecular weight is 292 g/mol. The largest absolute Gasteiger partial charge is 0.497 e. The maximum Gasteiger partial charge on any atom is 0.319 e. The second-order valence-electron chi connectivity index (χ2n) is 6.04. The molecular weight excluding hydrogens is 268 g/mol. The van der Waals surface area contributed by atoms with Crippen LogP contribution in [0.3, 0.4) is 0 Å². The molecule has 0 heterocycles. The van der Waals surface area contributed by atoms with E-state index in [4.69, 9.17) is 4.74 Å². The minimum absolute atomic E-state index is 0.0149. The number of rotatable bonds is 4. The van der Waals surface area contributed by atoms with Gasteiger partial charge in [-0.1, -0.05) is 13.3 Å². The molecule has 3 N–H and O–H groups in total. The van der Waals surface area contributed by atoms with Crippen molar-refractivity contribution < 1.29 is 14.6 Å². The summed E-state index contributed by atoms with van der Waals surface area (Å²) in [6.07, 6.45) is 2.88. The van der Waals surface area contributed by atoms with E-state index in [0.717, 1.165) is 36.3 Å². The third kappa shape index (κ3) is 3.47. The number of methoxy groups -OCH3 is 1. The van der Waals surface area contributed by atoms with Gasteiger partial charge >= 0.3 is 6.03 Å². The zero-order valence-corrected chi connectivity index (χ0v) is 12.9. The molecule has 0 aliphatic heterocycles. The topological polar surface area (TPSA) is 70.6 Å². The predicted molar refractivity (Wildman–Crippen MR) is 82.7 cm³/mol. The number of nitrogens with one attached hydrogen (secondary N) is 2. The highest BCUT2D eigenvalue weighted by molar-refractivity contribution is 5.90.